The Morgan fingerprint density at radius 2 is 1.42 bits per heavy atom. The van der Waals surface area contributed by atoms with E-state index in [9.17, 15) is 0 Å². The van der Waals surface area contributed by atoms with Gasteiger partial charge < -0.3 is 4.98 Å². The summed E-state index contributed by atoms with van der Waals surface area (Å²) < 4.78 is 0. The molecule has 0 atom stereocenters. The van der Waals surface area contributed by atoms with Gasteiger partial charge in [-0.25, -0.2) is 0 Å². The molecule has 1 heterocycles. The van der Waals surface area contributed by atoms with Gasteiger partial charge in [-0.05, 0) is 40.8 Å². The Bertz CT molecular complexity index is 1200. The van der Waals surface area contributed by atoms with Gasteiger partial charge in [0.15, 0.2) is 0 Å². The Labute approximate surface area is 144 Å². The maximum Gasteiger partial charge on any atom is 0.0544 e. The molecule has 1 nitrogen and oxygen atoms in total. The van der Waals surface area contributed by atoms with Crippen molar-refractivity contribution in [1.82, 2.24) is 4.98 Å². The minimum absolute atomic E-state index is 0.759. The van der Waals surface area contributed by atoms with Crippen molar-refractivity contribution in [2.24, 2.45) is 0 Å². The second kappa shape index (κ2) is 5.12. The summed E-state index contributed by atoms with van der Waals surface area (Å²) >= 11 is 6.30. The first-order chi connectivity index (χ1) is 11.8. The first-order valence-electron chi connectivity index (χ1n) is 7.99. The minimum atomic E-state index is 0.759. The lowest BCUT2D eigenvalue weighted by Crippen LogP contribution is -1.84. The Kier molecular flexibility index (Phi) is 2.91. The lowest BCUT2D eigenvalue weighted by molar-refractivity contribution is 1.56. The van der Waals surface area contributed by atoms with Crippen molar-refractivity contribution < 1.29 is 0 Å². The summed E-state index contributed by atoms with van der Waals surface area (Å²) in [6.45, 7) is 0. The van der Waals surface area contributed by atoms with E-state index >= 15 is 0 Å². The van der Waals surface area contributed by atoms with Crippen molar-refractivity contribution in [2.75, 3.05) is 0 Å². The highest BCUT2D eigenvalue weighted by Gasteiger charge is 2.12. The normalized spacial score (nSPS) is 11.5. The van der Waals surface area contributed by atoms with E-state index in [0.29, 0.717) is 0 Å². The van der Waals surface area contributed by atoms with Crippen LogP contribution in [0.4, 0.5) is 0 Å². The molecule has 0 saturated carbocycles. The zero-order valence-electron chi connectivity index (χ0n) is 12.9. The van der Waals surface area contributed by atoms with Crippen LogP contribution in [-0.2, 0) is 0 Å². The largest absolute Gasteiger partial charge is 0.354 e. The molecule has 0 bridgehead atoms. The van der Waals surface area contributed by atoms with Gasteiger partial charge in [-0.3, -0.25) is 0 Å². The maximum atomic E-state index is 6.30. The molecule has 2 heteroatoms. The summed E-state index contributed by atoms with van der Waals surface area (Å²) in [7, 11) is 0. The fourth-order valence-electron chi connectivity index (χ4n) is 3.56. The van der Waals surface area contributed by atoms with E-state index in [-0.39, 0.29) is 0 Å². The summed E-state index contributed by atoms with van der Waals surface area (Å²) in [5.74, 6) is 0. The van der Waals surface area contributed by atoms with E-state index in [0.717, 1.165) is 10.5 Å². The zero-order chi connectivity index (χ0) is 16.1. The number of aromatic nitrogens is 1. The smallest absolute Gasteiger partial charge is 0.0544 e. The lowest BCUT2D eigenvalue weighted by Gasteiger charge is -2.09. The van der Waals surface area contributed by atoms with E-state index in [1.807, 2.05) is 12.1 Å². The molecule has 1 N–H and O–H groups in total. The Balaban J connectivity index is 2.02. The molecule has 0 spiro atoms. The summed E-state index contributed by atoms with van der Waals surface area (Å²) in [4.78, 5) is 3.58. The first-order valence-corrected chi connectivity index (χ1v) is 8.37. The molecule has 4 aromatic carbocycles. The van der Waals surface area contributed by atoms with Crippen LogP contribution in [0.1, 0.15) is 0 Å². The fraction of sp³-hybridized carbons (Fsp3) is 0. The van der Waals surface area contributed by atoms with Crippen molar-refractivity contribution in [1.29, 1.82) is 0 Å². The molecular weight excluding hydrogens is 314 g/mol. The standard InChI is InChI=1S/C22H14ClN/c23-15-10-11-17-19(12-15)18(14-6-2-1-3-7-14)13-20-16-8-4-5-9-21(16)24-22(17)20/h1-13,24H. The van der Waals surface area contributed by atoms with Crippen molar-refractivity contribution in [2.45, 2.75) is 0 Å². The van der Waals surface area contributed by atoms with Gasteiger partial charge in [0, 0.05) is 26.7 Å². The van der Waals surface area contributed by atoms with E-state index < -0.39 is 0 Å². The van der Waals surface area contributed by atoms with Gasteiger partial charge in [0.2, 0.25) is 0 Å². The SMILES string of the molecule is Clc1ccc2c(c1)c(-c1ccccc1)cc1c3ccccc3[nH]c21. The number of benzene rings is 4. The van der Waals surface area contributed by atoms with Gasteiger partial charge in [-0.1, -0.05) is 66.2 Å². The van der Waals surface area contributed by atoms with Crippen molar-refractivity contribution in [3.8, 4) is 11.1 Å². The average Bonchev–Trinajstić information content (AvgIpc) is 3.00. The van der Waals surface area contributed by atoms with Gasteiger partial charge in [0.25, 0.3) is 0 Å². The van der Waals surface area contributed by atoms with Crippen LogP contribution in [0.2, 0.25) is 5.02 Å². The Hall–Kier alpha value is -2.77. The zero-order valence-corrected chi connectivity index (χ0v) is 13.6. The molecule has 0 fully saturated rings. The molecular formula is C22H14ClN. The second-order valence-electron chi connectivity index (χ2n) is 6.07. The topological polar surface area (TPSA) is 15.8 Å². The van der Waals surface area contributed by atoms with Gasteiger partial charge >= 0.3 is 0 Å². The van der Waals surface area contributed by atoms with Crippen LogP contribution in [0, 0.1) is 0 Å². The molecule has 5 aromatic rings. The molecule has 0 unspecified atom stereocenters. The molecule has 0 aliphatic carbocycles. The summed E-state index contributed by atoms with van der Waals surface area (Å²) in [6, 6.07) is 27.4. The van der Waals surface area contributed by atoms with Gasteiger partial charge in [0.05, 0.1) is 5.52 Å². The number of hydrogen-bond donors (Lipinski definition) is 1. The quantitative estimate of drug-likeness (QED) is 0.348. The number of fused-ring (bicyclic) bond motifs is 5. The first kappa shape index (κ1) is 13.6. The summed E-state index contributed by atoms with van der Waals surface area (Å²) in [6.07, 6.45) is 0. The van der Waals surface area contributed by atoms with Gasteiger partial charge in [-0.2, -0.15) is 0 Å². The number of hydrogen-bond acceptors (Lipinski definition) is 0. The molecule has 24 heavy (non-hydrogen) atoms. The molecule has 0 saturated heterocycles. The van der Waals surface area contributed by atoms with E-state index in [4.69, 9.17) is 11.6 Å². The predicted molar refractivity (Wildman–Crippen MR) is 104 cm³/mol. The third kappa shape index (κ3) is 1.95. The minimum Gasteiger partial charge on any atom is -0.354 e. The van der Waals surface area contributed by atoms with Crippen LogP contribution in [0.3, 0.4) is 0 Å². The molecule has 0 amide bonds. The molecule has 0 aliphatic rings. The van der Waals surface area contributed by atoms with Crippen LogP contribution in [0.25, 0.3) is 43.7 Å². The third-order valence-corrected chi connectivity index (χ3v) is 4.90. The predicted octanol–water partition coefficient (Wildman–Crippen LogP) is 6.79. The Morgan fingerprint density at radius 1 is 0.625 bits per heavy atom. The second-order valence-corrected chi connectivity index (χ2v) is 6.51. The number of halogens is 1. The summed E-state index contributed by atoms with van der Waals surface area (Å²) in [5, 5.41) is 5.63. The van der Waals surface area contributed by atoms with E-state index in [2.05, 4.69) is 71.7 Å². The number of H-pyrrole nitrogens is 1. The van der Waals surface area contributed by atoms with Crippen LogP contribution < -0.4 is 0 Å². The van der Waals surface area contributed by atoms with Crippen LogP contribution in [0.15, 0.2) is 78.9 Å². The average molecular weight is 328 g/mol. The highest BCUT2D eigenvalue weighted by Crippen LogP contribution is 2.38. The monoisotopic (exact) mass is 327 g/mol. The fourth-order valence-corrected chi connectivity index (χ4v) is 3.73. The maximum absolute atomic E-state index is 6.30. The van der Waals surface area contributed by atoms with Crippen molar-refractivity contribution >= 4 is 44.2 Å². The van der Waals surface area contributed by atoms with Crippen molar-refractivity contribution in [3.05, 3.63) is 83.9 Å². The molecule has 5 rings (SSSR count). The molecule has 0 radical (unpaired) electrons. The number of rotatable bonds is 1. The van der Waals surface area contributed by atoms with Gasteiger partial charge in [-0.15, -0.1) is 0 Å². The third-order valence-electron chi connectivity index (χ3n) is 4.66. The Morgan fingerprint density at radius 3 is 2.29 bits per heavy atom. The highest BCUT2D eigenvalue weighted by atomic mass is 35.5. The number of aromatic amines is 1. The highest BCUT2D eigenvalue weighted by molar-refractivity contribution is 6.32. The van der Waals surface area contributed by atoms with Gasteiger partial charge in [0.1, 0.15) is 0 Å². The lowest BCUT2D eigenvalue weighted by atomic mass is 9.95. The molecule has 114 valence electrons. The molecule has 0 aliphatic heterocycles. The number of nitrogens with one attached hydrogen (secondary N) is 1. The van der Waals surface area contributed by atoms with E-state index in [1.54, 1.807) is 0 Å². The van der Waals surface area contributed by atoms with Crippen LogP contribution in [0.5, 0.6) is 0 Å². The van der Waals surface area contributed by atoms with Crippen LogP contribution in [-0.4, -0.2) is 4.98 Å². The summed E-state index contributed by atoms with van der Waals surface area (Å²) in [5.41, 5.74) is 4.75. The van der Waals surface area contributed by atoms with E-state index in [1.165, 1.54) is 38.2 Å². The molecule has 1 aromatic heterocycles. The van der Waals surface area contributed by atoms with Crippen LogP contribution >= 0.6 is 11.6 Å². The number of para-hydroxylation sites is 1. The van der Waals surface area contributed by atoms with Crippen molar-refractivity contribution in [3.63, 3.8) is 0 Å².